The zero-order valence-corrected chi connectivity index (χ0v) is 16.8. The quantitative estimate of drug-likeness (QED) is 0.762. The van der Waals surface area contributed by atoms with Crippen LogP contribution in [0.25, 0.3) is 0 Å². The Morgan fingerprint density at radius 2 is 1.64 bits per heavy atom. The molecule has 1 saturated heterocycles. The van der Waals surface area contributed by atoms with E-state index in [0.717, 1.165) is 12.0 Å². The van der Waals surface area contributed by atoms with Crippen molar-refractivity contribution in [2.75, 3.05) is 26.2 Å². The topological polar surface area (TPSA) is 49.9 Å². The van der Waals surface area contributed by atoms with Crippen molar-refractivity contribution < 1.29 is 14.3 Å². The number of ether oxygens (including phenoxy) is 1. The van der Waals surface area contributed by atoms with E-state index >= 15 is 0 Å². The van der Waals surface area contributed by atoms with E-state index in [1.165, 1.54) is 0 Å². The molecule has 6 heteroatoms. The second-order valence-electron chi connectivity index (χ2n) is 6.76. The summed E-state index contributed by atoms with van der Waals surface area (Å²) in [5.74, 6) is 0.608. The molecule has 1 fully saturated rings. The molecule has 0 aromatic heterocycles. The van der Waals surface area contributed by atoms with Gasteiger partial charge in [-0.3, -0.25) is 9.59 Å². The minimum atomic E-state index is -0.0689. The van der Waals surface area contributed by atoms with E-state index in [2.05, 4.69) is 0 Å². The monoisotopic (exact) mass is 400 g/mol. The molecule has 1 aliphatic heterocycles. The van der Waals surface area contributed by atoms with E-state index < -0.39 is 0 Å². The molecule has 148 valence electrons. The van der Waals surface area contributed by atoms with E-state index in [0.29, 0.717) is 55.5 Å². The molecular formula is C22H25ClN2O3. The van der Waals surface area contributed by atoms with Crippen molar-refractivity contribution in [2.24, 2.45) is 0 Å². The van der Waals surface area contributed by atoms with E-state index in [4.69, 9.17) is 16.3 Å². The van der Waals surface area contributed by atoms with Crippen molar-refractivity contribution in [3.8, 4) is 5.75 Å². The third-order valence-electron chi connectivity index (χ3n) is 4.90. The van der Waals surface area contributed by atoms with Crippen LogP contribution in [0.4, 0.5) is 0 Å². The van der Waals surface area contributed by atoms with Gasteiger partial charge in [0, 0.05) is 43.2 Å². The highest BCUT2D eigenvalue weighted by molar-refractivity contribution is 6.31. The Morgan fingerprint density at radius 3 is 2.43 bits per heavy atom. The van der Waals surface area contributed by atoms with Crippen molar-refractivity contribution in [2.45, 2.75) is 26.4 Å². The van der Waals surface area contributed by atoms with Crippen LogP contribution in [0.1, 0.15) is 35.7 Å². The van der Waals surface area contributed by atoms with E-state index in [-0.39, 0.29) is 11.8 Å². The standard InChI is InChI=1S/C22H25ClN2O3/c1-2-21(26)24-12-7-13-25(15-14-24)22(27)18-9-4-6-11-20(18)28-16-17-8-3-5-10-19(17)23/h3-6,8-11H,2,7,12-16H2,1H3. The maximum atomic E-state index is 13.1. The first-order valence-corrected chi connectivity index (χ1v) is 10.00. The van der Waals surface area contributed by atoms with Crippen molar-refractivity contribution in [3.63, 3.8) is 0 Å². The smallest absolute Gasteiger partial charge is 0.257 e. The number of carbonyl (C=O) groups excluding carboxylic acids is 2. The number of nitrogens with zero attached hydrogens (tertiary/aromatic N) is 2. The molecule has 1 aliphatic rings. The van der Waals surface area contributed by atoms with Gasteiger partial charge in [-0.25, -0.2) is 0 Å². The fourth-order valence-corrected chi connectivity index (χ4v) is 3.49. The molecule has 1 heterocycles. The first-order chi connectivity index (χ1) is 13.6. The highest BCUT2D eigenvalue weighted by Gasteiger charge is 2.24. The van der Waals surface area contributed by atoms with Gasteiger partial charge in [0.2, 0.25) is 5.91 Å². The van der Waals surface area contributed by atoms with E-state index in [9.17, 15) is 9.59 Å². The number of rotatable bonds is 5. The fraction of sp³-hybridized carbons (Fsp3) is 0.364. The summed E-state index contributed by atoms with van der Waals surface area (Å²) >= 11 is 6.20. The summed E-state index contributed by atoms with van der Waals surface area (Å²) in [6.45, 7) is 4.59. The summed E-state index contributed by atoms with van der Waals surface area (Å²) in [5.41, 5.74) is 1.40. The molecule has 0 radical (unpaired) electrons. The van der Waals surface area contributed by atoms with Crippen LogP contribution in [0.3, 0.4) is 0 Å². The molecular weight excluding hydrogens is 376 g/mol. The SMILES string of the molecule is CCC(=O)N1CCCN(C(=O)c2ccccc2OCc2ccccc2Cl)CC1. The van der Waals surface area contributed by atoms with Crippen molar-refractivity contribution >= 4 is 23.4 Å². The van der Waals surface area contributed by atoms with Crippen molar-refractivity contribution in [3.05, 3.63) is 64.7 Å². The zero-order valence-electron chi connectivity index (χ0n) is 16.1. The second kappa shape index (κ2) is 9.60. The van der Waals surface area contributed by atoms with Gasteiger partial charge in [-0.05, 0) is 24.6 Å². The van der Waals surface area contributed by atoms with Crippen molar-refractivity contribution in [1.82, 2.24) is 9.80 Å². The van der Waals surface area contributed by atoms with Crippen LogP contribution >= 0.6 is 11.6 Å². The van der Waals surface area contributed by atoms with Gasteiger partial charge in [0.15, 0.2) is 0 Å². The minimum Gasteiger partial charge on any atom is -0.488 e. The summed E-state index contributed by atoms with van der Waals surface area (Å²) in [5, 5.41) is 0.638. The highest BCUT2D eigenvalue weighted by Crippen LogP contribution is 2.24. The van der Waals surface area contributed by atoms with Crippen LogP contribution in [0.15, 0.2) is 48.5 Å². The third-order valence-corrected chi connectivity index (χ3v) is 5.27. The fourth-order valence-electron chi connectivity index (χ4n) is 3.30. The molecule has 2 aromatic rings. The summed E-state index contributed by atoms with van der Waals surface area (Å²) in [4.78, 5) is 28.7. The van der Waals surface area contributed by atoms with Gasteiger partial charge < -0.3 is 14.5 Å². The number of carbonyl (C=O) groups is 2. The van der Waals surface area contributed by atoms with Gasteiger partial charge >= 0.3 is 0 Å². The molecule has 0 aliphatic carbocycles. The van der Waals surface area contributed by atoms with E-state index in [1.807, 2.05) is 48.2 Å². The number of para-hydroxylation sites is 1. The molecule has 0 bridgehead atoms. The van der Waals surface area contributed by atoms with Gasteiger partial charge in [-0.1, -0.05) is 48.9 Å². The average molecular weight is 401 g/mol. The summed E-state index contributed by atoms with van der Waals surface area (Å²) in [6.07, 6.45) is 1.27. The lowest BCUT2D eigenvalue weighted by Crippen LogP contribution is -2.37. The summed E-state index contributed by atoms with van der Waals surface area (Å²) < 4.78 is 5.93. The molecule has 0 atom stereocenters. The average Bonchev–Trinajstić information content (AvgIpc) is 2.98. The number of halogens is 1. The Morgan fingerprint density at radius 1 is 0.964 bits per heavy atom. The summed E-state index contributed by atoms with van der Waals surface area (Å²) in [6, 6.07) is 14.8. The van der Waals surface area contributed by atoms with Crippen LogP contribution in [-0.4, -0.2) is 47.8 Å². The molecule has 2 amide bonds. The molecule has 0 saturated carbocycles. The minimum absolute atomic E-state index is 0.0689. The largest absolute Gasteiger partial charge is 0.488 e. The maximum Gasteiger partial charge on any atom is 0.257 e. The Balaban J connectivity index is 1.70. The van der Waals surface area contributed by atoms with Crippen LogP contribution < -0.4 is 4.74 Å². The van der Waals surface area contributed by atoms with Crippen LogP contribution in [0.2, 0.25) is 5.02 Å². The normalized spacial score (nSPS) is 14.5. The molecule has 2 aromatic carbocycles. The first kappa shape index (κ1) is 20.2. The lowest BCUT2D eigenvalue weighted by Gasteiger charge is -2.23. The molecule has 0 N–H and O–H groups in total. The van der Waals surface area contributed by atoms with Crippen LogP contribution in [0, 0.1) is 0 Å². The molecule has 5 nitrogen and oxygen atoms in total. The first-order valence-electron chi connectivity index (χ1n) is 9.62. The maximum absolute atomic E-state index is 13.1. The predicted octanol–water partition coefficient (Wildman–Crippen LogP) is 4.00. The summed E-state index contributed by atoms with van der Waals surface area (Å²) in [7, 11) is 0. The van der Waals surface area contributed by atoms with Gasteiger partial charge in [-0.15, -0.1) is 0 Å². The predicted molar refractivity (Wildman–Crippen MR) is 110 cm³/mol. The zero-order chi connectivity index (χ0) is 19.9. The molecule has 0 spiro atoms. The highest BCUT2D eigenvalue weighted by atomic mass is 35.5. The molecule has 3 rings (SSSR count). The van der Waals surface area contributed by atoms with Gasteiger partial charge in [-0.2, -0.15) is 0 Å². The van der Waals surface area contributed by atoms with Gasteiger partial charge in [0.1, 0.15) is 12.4 Å². The third kappa shape index (κ3) is 4.84. The number of hydrogen-bond donors (Lipinski definition) is 0. The number of hydrogen-bond acceptors (Lipinski definition) is 3. The Bertz CT molecular complexity index is 840. The Kier molecular flexibility index (Phi) is 6.93. The number of benzene rings is 2. The van der Waals surface area contributed by atoms with Crippen LogP contribution in [0.5, 0.6) is 5.75 Å². The second-order valence-corrected chi connectivity index (χ2v) is 7.16. The van der Waals surface area contributed by atoms with E-state index in [1.54, 1.807) is 17.0 Å². The Labute approximate surface area is 170 Å². The van der Waals surface area contributed by atoms with Crippen molar-refractivity contribution in [1.29, 1.82) is 0 Å². The lowest BCUT2D eigenvalue weighted by atomic mass is 10.1. The van der Waals surface area contributed by atoms with Crippen LogP contribution in [-0.2, 0) is 11.4 Å². The Hall–Kier alpha value is -2.53. The van der Waals surface area contributed by atoms with Gasteiger partial charge in [0.05, 0.1) is 5.56 Å². The molecule has 28 heavy (non-hydrogen) atoms. The lowest BCUT2D eigenvalue weighted by molar-refractivity contribution is -0.130. The van der Waals surface area contributed by atoms with Gasteiger partial charge in [0.25, 0.3) is 5.91 Å². The molecule has 0 unspecified atom stereocenters. The number of amides is 2.